The van der Waals surface area contributed by atoms with Crippen molar-refractivity contribution in [2.24, 2.45) is 0 Å². The average Bonchev–Trinajstić information content (AvgIpc) is 2.85. The van der Waals surface area contributed by atoms with Gasteiger partial charge in [-0.15, -0.1) is 11.3 Å². The van der Waals surface area contributed by atoms with E-state index in [1.54, 1.807) is 6.07 Å². The molecule has 1 aromatic heterocycles. The molecule has 1 unspecified atom stereocenters. The van der Waals surface area contributed by atoms with Crippen LogP contribution in [-0.4, -0.2) is 23.7 Å². The lowest BCUT2D eigenvalue weighted by Crippen LogP contribution is -2.27. The van der Waals surface area contributed by atoms with Crippen LogP contribution in [0.25, 0.3) is 0 Å². The number of carboxylic acid groups (broad SMARTS) is 1. The van der Waals surface area contributed by atoms with E-state index in [4.69, 9.17) is 5.11 Å². The van der Waals surface area contributed by atoms with E-state index in [1.807, 2.05) is 6.07 Å². The van der Waals surface area contributed by atoms with Crippen LogP contribution in [0.4, 0.5) is 5.00 Å². The normalized spacial score (nSPS) is 20.9. The van der Waals surface area contributed by atoms with Crippen molar-refractivity contribution in [3.8, 4) is 0 Å². The van der Waals surface area contributed by atoms with Crippen LogP contribution in [0.3, 0.4) is 0 Å². The molecule has 1 N–H and O–H groups in total. The van der Waals surface area contributed by atoms with E-state index in [-0.39, 0.29) is 0 Å². The van der Waals surface area contributed by atoms with Gasteiger partial charge in [-0.25, -0.2) is 4.79 Å². The number of nitrogens with zero attached hydrogens (tertiary/aromatic N) is 1. The first-order valence-corrected chi connectivity index (χ1v) is 6.13. The summed E-state index contributed by atoms with van der Waals surface area (Å²) >= 11 is 1.38. The molecular weight excluding hydrogens is 210 g/mol. The summed E-state index contributed by atoms with van der Waals surface area (Å²) in [5.74, 6) is -0.821. The number of rotatable bonds is 3. The summed E-state index contributed by atoms with van der Waals surface area (Å²) < 4.78 is 0. The molecule has 0 radical (unpaired) electrons. The summed E-state index contributed by atoms with van der Waals surface area (Å²) in [6.07, 6.45) is 3.59. The first-order chi connectivity index (χ1) is 7.22. The van der Waals surface area contributed by atoms with E-state index >= 15 is 0 Å². The molecule has 82 valence electrons. The topological polar surface area (TPSA) is 40.5 Å². The summed E-state index contributed by atoms with van der Waals surface area (Å²) in [6, 6.07) is 4.24. The molecule has 0 bridgehead atoms. The summed E-state index contributed by atoms with van der Waals surface area (Å²) in [5, 5.41) is 9.96. The average molecular weight is 225 g/mol. The van der Waals surface area contributed by atoms with Crippen LogP contribution < -0.4 is 4.90 Å². The minimum atomic E-state index is -0.821. The third-order valence-electron chi connectivity index (χ3n) is 2.93. The predicted molar refractivity (Wildman–Crippen MR) is 61.9 cm³/mol. The van der Waals surface area contributed by atoms with Gasteiger partial charge in [-0.3, -0.25) is 0 Å². The van der Waals surface area contributed by atoms with Gasteiger partial charge in [-0.2, -0.15) is 0 Å². The molecule has 1 saturated heterocycles. The smallest absolute Gasteiger partial charge is 0.345 e. The van der Waals surface area contributed by atoms with Gasteiger partial charge in [-0.05, 0) is 31.4 Å². The molecule has 1 atom stereocenters. The zero-order chi connectivity index (χ0) is 10.8. The molecule has 1 aliphatic rings. The van der Waals surface area contributed by atoms with Gasteiger partial charge in [-0.1, -0.05) is 6.92 Å². The molecule has 1 aliphatic heterocycles. The van der Waals surface area contributed by atoms with Gasteiger partial charge in [0.15, 0.2) is 0 Å². The molecule has 2 heterocycles. The first kappa shape index (κ1) is 10.5. The number of hydrogen-bond acceptors (Lipinski definition) is 3. The lowest BCUT2D eigenvalue weighted by Gasteiger charge is -2.23. The highest BCUT2D eigenvalue weighted by Crippen LogP contribution is 2.32. The first-order valence-electron chi connectivity index (χ1n) is 5.32. The maximum atomic E-state index is 10.8. The lowest BCUT2D eigenvalue weighted by molar-refractivity contribution is 0.0702. The third-order valence-corrected chi connectivity index (χ3v) is 4.04. The van der Waals surface area contributed by atoms with E-state index in [0.29, 0.717) is 10.9 Å². The molecular formula is C11H15NO2S. The van der Waals surface area contributed by atoms with Gasteiger partial charge in [0, 0.05) is 12.6 Å². The summed E-state index contributed by atoms with van der Waals surface area (Å²) in [7, 11) is 0. The summed E-state index contributed by atoms with van der Waals surface area (Å²) in [5.41, 5.74) is 0. The second-order valence-corrected chi connectivity index (χ2v) is 4.90. The van der Waals surface area contributed by atoms with Crippen LogP contribution in [-0.2, 0) is 0 Å². The van der Waals surface area contributed by atoms with Crippen LogP contribution in [0.5, 0.6) is 0 Å². The van der Waals surface area contributed by atoms with E-state index in [1.165, 1.54) is 24.2 Å². The molecule has 15 heavy (non-hydrogen) atoms. The number of carbonyl (C=O) groups is 1. The number of hydrogen-bond donors (Lipinski definition) is 1. The molecule has 2 rings (SSSR count). The fourth-order valence-corrected chi connectivity index (χ4v) is 3.09. The Morgan fingerprint density at radius 2 is 2.47 bits per heavy atom. The number of carboxylic acids is 1. The summed E-state index contributed by atoms with van der Waals surface area (Å²) in [6.45, 7) is 3.26. The van der Waals surface area contributed by atoms with Gasteiger partial charge in [0.1, 0.15) is 4.88 Å². The molecule has 4 heteroatoms. The number of thiophene rings is 1. The van der Waals surface area contributed by atoms with Crippen molar-refractivity contribution >= 4 is 22.3 Å². The summed E-state index contributed by atoms with van der Waals surface area (Å²) in [4.78, 5) is 13.6. The van der Waals surface area contributed by atoms with E-state index < -0.39 is 5.97 Å². The van der Waals surface area contributed by atoms with Crippen molar-refractivity contribution < 1.29 is 9.90 Å². The Bertz CT molecular complexity index is 361. The Morgan fingerprint density at radius 3 is 3.07 bits per heavy atom. The predicted octanol–water partition coefficient (Wildman–Crippen LogP) is 2.83. The Balaban J connectivity index is 2.18. The molecule has 0 saturated carbocycles. The van der Waals surface area contributed by atoms with E-state index in [2.05, 4.69) is 11.8 Å². The molecule has 0 aliphatic carbocycles. The Morgan fingerprint density at radius 1 is 1.67 bits per heavy atom. The van der Waals surface area contributed by atoms with Gasteiger partial charge in [0.2, 0.25) is 0 Å². The Hall–Kier alpha value is -1.03. The largest absolute Gasteiger partial charge is 0.477 e. The van der Waals surface area contributed by atoms with Crippen molar-refractivity contribution in [3.05, 3.63) is 17.0 Å². The lowest BCUT2D eigenvalue weighted by atomic mass is 10.2. The standard InChI is InChI=1S/C11H15NO2S/c1-2-8-4-3-7-12(8)10-6-5-9(15-10)11(13)14/h5-6,8H,2-4,7H2,1H3,(H,13,14). The van der Waals surface area contributed by atoms with Gasteiger partial charge in [0.05, 0.1) is 5.00 Å². The maximum absolute atomic E-state index is 10.8. The third kappa shape index (κ3) is 2.00. The van der Waals surface area contributed by atoms with Crippen LogP contribution in [0, 0.1) is 0 Å². The number of aromatic carboxylic acids is 1. The van der Waals surface area contributed by atoms with Gasteiger partial charge >= 0.3 is 5.97 Å². The zero-order valence-corrected chi connectivity index (χ0v) is 9.59. The van der Waals surface area contributed by atoms with E-state index in [9.17, 15) is 4.79 Å². The second kappa shape index (κ2) is 4.23. The van der Waals surface area contributed by atoms with Crippen LogP contribution in [0.15, 0.2) is 12.1 Å². The monoisotopic (exact) mass is 225 g/mol. The molecule has 0 spiro atoms. The maximum Gasteiger partial charge on any atom is 0.345 e. The van der Waals surface area contributed by atoms with Crippen LogP contribution in [0.2, 0.25) is 0 Å². The number of anilines is 1. The SMILES string of the molecule is CCC1CCCN1c1ccc(C(=O)O)s1. The molecule has 0 aromatic carbocycles. The highest BCUT2D eigenvalue weighted by atomic mass is 32.1. The van der Waals surface area contributed by atoms with Crippen molar-refractivity contribution in [3.63, 3.8) is 0 Å². The quantitative estimate of drug-likeness (QED) is 0.860. The zero-order valence-electron chi connectivity index (χ0n) is 8.77. The van der Waals surface area contributed by atoms with Gasteiger partial charge in [0.25, 0.3) is 0 Å². The van der Waals surface area contributed by atoms with Crippen molar-refractivity contribution in [1.29, 1.82) is 0 Å². The van der Waals surface area contributed by atoms with Gasteiger partial charge < -0.3 is 10.0 Å². The van der Waals surface area contributed by atoms with Crippen LogP contribution in [0.1, 0.15) is 35.9 Å². The fourth-order valence-electron chi connectivity index (χ4n) is 2.15. The second-order valence-electron chi connectivity index (χ2n) is 3.84. The van der Waals surface area contributed by atoms with E-state index in [0.717, 1.165) is 18.0 Å². The van der Waals surface area contributed by atoms with Crippen molar-refractivity contribution in [2.45, 2.75) is 32.2 Å². The molecule has 1 fully saturated rings. The Labute approximate surface area is 93.3 Å². The Kier molecular flexibility index (Phi) is 2.95. The highest BCUT2D eigenvalue weighted by molar-refractivity contribution is 7.17. The molecule has 3 nitrogen and oxygen atoms in total. The minimum Gasteiger partial charge on any atom is -0.477 e. The van der Waals surface area contributed by atoms with Crippen molar-refractivity contribution in [1.82, 2.24) is 0 Å². The fraction of sp³-hybridized carbons (Fsp3) is 0.545. The van der Waals surface area contributed by atoms with Crippen molar-refractivity contribution in [2.75, 3.05) is 11.4 Å². The molecule has 1 aromatic rings. The minimum absolute atomic E-state index is 0.437. The van der Waals surface area contributed by atoms with Crippen LogP contribution >= 0.6 is 11.3 Å². The molecule has 0 amide bonds. The highest BCUT2D eigenvalue weighted by Gasteiger charge is 2.24.